The van der Waals surface area contributed by atoms with E-state index in [9.17, 15) is 4.79 Å². The summed E-state index contributed by atoms with van der Waals surface area (Å²) >= 11 is 0. The standard InChI is InChI=1S/C4H7NO2/c6-4-2-1-3-5-7/h2,5,7H,1,3H2. The van der Waals surface area contributed by atoms with Crippen molar-refractivity contribution in [3.8, 4) is 0 Å². The molecule has 40 valence electrons. The lowest BCUT2D eigenvalue weighted by molar-refractivity contribution is 0.169. The van der Waals surface area contributed by atoms with Crippen LogP contribution in [0.5, 0.6) is 0 Å². The molecular weight excluding hydrogens is 94.0 g/mol. The van der Waals surface area contributed by atoms with Gasteiger partial charge < -0.3 is 5.21 Å². The van der Waals surface area contributed by atoms with Crippen LogP contribution < -0.4 is 5.48 Å². The third kappa shape index (κ3) is 5.37. The number of hydroxylamine groups is 1. The van der Waals surface area contributed by atoms with E-state index in [0.717, 1.165) is 0 Å². The fraction of sp³-hybridized carbons (Fsp3) is 0.500. The van der Waals surface area contributed by atoms with Gasteiger partial charge in [-0.1, -0.05) is 0 Å². The second-order valence-electron chi connectivity index (χ2n) is 1.02. The molecule has 0 amide bonds. The Morgan fingerprint density at radius 3 is 3.00 bits per heavy atom. The highest BCUT2D eigenvalue weighted by atomic mass is 16.5. The van der Waals surface area contributed by atoms with Gasteiger partial charge in [0.05, 0.1) is 0 Å². The third-order valence-electron chi connectivity index (χ3n) is 0.484. The Bertz CT molecular complexity index is 75.8. The maximum atomic E-state index is 9.39. The van der Waals surface area contributed by atoms with Gasteiger partial charge >= 0.3 is 0 Å². The molecule has 0 aliphatic rings. The van der Waals surface area contributed by atoms with Crippen LogP contribution in [0.15, 0.2) is 6.08 Å². The van der Waals surface area contributed by atoms with Crippen LogP contribution in [0.4, 0.5) is 0 Å². The van der Waals surface area contributed by atoms with Crippen molar-refractivity contribution < 1.29 is 10.0 Å². The predicted molar refractivity (Wildman–Crippen MR) is 24.7 cm³/mol. The van der Waals surface area contributed by atoms with Gasteiger partial charge in [-0.05, 0) is 6.42 Å². The van der Waals surface area contributed by atoms with E-state index in [4.69, 9.17) is 5.21 Å². The molecule has 0 radical (unpaired) electrons. The highest BCUT2D eigenvalue weighted by Gasteiger charge is 1.73. The Kier molecular flexibility index (Phi) is 4.89. The Hall–Kier alpha value is -0.630. The molecule has 0 saturated heterocycles. The Morgan fingerprint density at radius 2 is 2.57 bits per heavy atom. The van der Waals surface area contributed by atoms with Crippen LogP contribution in [0.2, 0.25) is 0 Å². The zero-order valence-corrected chi connectivity index (χ0v) is 3.85. The largest absolute Gasteiger partial charge is 0.317 e. The summed E-state index contributed by atoms with van der Waals surface area (Å²) in [7, 11) is 0. The van der Waals surface area contributed by atoms with E-state index in [1.165, 1.54) is 6.08 Å². The quantitative estimate of drug-likeness (QED) is 0.292. The van der Waals surface area contributed by atoms with Crippen molar-refractivity contribution >= 4 is 5.94 Å². The second kappa shape index (κ2) is 5.37. The van der Waals surface area contributed by atoms with E-state index in [1.807, 2.05) is 5.48 Å². The molecule has 0 aromatic carbocycles. The van der Waals surface area contributed by atoms with Gasteiger partial charge in [0.15, 0.2) is 0 Å². The molecule has 7 heavy (non-hydrogen) atoms. The minimum absolute atomic E-state index is 0.412. The van der Waals surface area contributed by atoms with E-state index >= 15 is 0 Å². The van der Waals surface area contributed by atoms with Crippen molar-refractivity contribution in [1.29, 1.82) is 0 Å². The first-order valence-electron chi connectivity index (χ1n) is 1.98. The zero-order chi connectivity index (χ0) is 5.54. The fourth-order valence-corrected chi connectivity index (χ4v) is 0.196. The summed E-state index contributed by atoms with van der Waals surface area (Å²) in [4.78, 5) is 9.39. The molecule has 0 unspecified atom stereocenters. The molecule has 0 spiro atoms. The van der Waals surface area contributed by atoms with Crippen LogP contribution >= 0.6 is 0 Å². The summed E-state index contributed by atoms with van der Waals surface area (Å²) in [5.41, 5.74) is 1.89. The summed E-state index contributed by atoms with van der Waals surface area (Å²) in [6, 6.07) is 0. The Labute approximate surface area is 41.6 Å². The molecule has 3 heteroatoms. The van der Waals surface area contributed by atoms with Gasteiger partial charge in [-0.2, -0.15) is 0 Å². The molecule has 0 saturated carbocycles. The van der Waals surface area contributed by atoms with Crippen LogP contribution in [0, 0.1) is 0 Å². The monoisotopic (exact) mass is 101 g/mol. The number of carbonyl (C=O) groups excluding carboxylic acids is 1. The molecule has 0 aromatic rings. The van der Waals surface area contributed by atoms with Gasteiger partial charge in [0, 0.05) is 12.6 Å². The Balaban J connectivity index is 2.83. The average molecular weight is 101 g/mol. The van der Waals surface area contributed by atoms with Gasteiger partial charge in [-0.15, -0.1) is 0 Å². The SMILES string of the molecule is O=C=CCCNO. The van der Waals surface area contributed by atoms with Crippen LogP contribution in [0.25, 0.3) is 0 Å². The minimum Gasteiger partial charge on any atom is -0.317 e. The molecule has 0 fully saturated rings. The predicted octanol–water partition coefficient (Wildman–Crippen LogP) is -0.257. The summed E-state index contributed by atoms with van der Waals surface area (Å²) in [6.45, 7) is 0.412. The van der Waals surface area contributed by atoms with Crippen molar-refractivity contribution in [1.82, 2.24) is 5.48 Å². The van der Waals surface area contributed by atoms with Gasteiger partial charge in [-0.3, -0.25) is 0 Å². The van der Waals surface area contributed by atoms with Crippen molar-refractivity contribution in [2.45, 2.75) is 6.42 Å². The molecule has 0 rings (SSSR count). The number of hydrogen-bond acceptors (Lipinski definition) is 3. The highest BCUT2D eigenvalue weighted by molar-refractivity contribution is 5.44. The van der Waals surface area contributed by atoms with Gasteiger partial charge in [0.25, 0.3) is 0 Å². The van der Waals surface area contributed by atoms with E-state index < -0.39 is 0 Å². The molecular formula is C4H7NO2. The number of rotatable bonds is 3. The van der Waals surface area contributed by atoms with Crippen LogP contribution in [0.1, 0.15) is 6.42 Å². The highest BCUT2D eigenvalue weighted by Crippen LogP contribution is 1.69. The molecule has 3 nitrogen and oxygen atoms in total. The minimum atomic E-state index is 0.412. The molecule has 0 aliphatic heterocycles. The lowest BCUT2D eigenvalue weighted by Gasteiger charge is -1.84. The molecule has 2 N–H and O–H groups in total. The van der Waals surface area contributed by atoms with E-state index in [1.54, 1.807) is 5.94 Å². The van der Waals surface area contributed by atoms with Crippen molar-refractivity contribution in [3.63, 3.8) is 0 Å². The molecule has 0 bridgehead atoms. The summed E-state index contributed by atoms with van der Waals surface area (Å²) in [6.07, 6.45) is 1.84. The number of nitrogens with one attached hydrogen (secondary N) is 1. The zero-order valence-electron chi connectivity index (χ0n) is 3.85. The maximum absolute atomic E-state index is 9.39. The molecule has 0 aliphatic carbocycles. The van der Waals surface area contributed by atoms with E-state index in [0.29, 0.717) is 13.0 Å². The van der Waals surface area contributed by atoms with E-state index in [2.05, 4.69) is 0 Å². The first-order valence-corrected chi connectivity index (χ1v) is 1.98. The third-order valence-corrected chi connectivity index (χ3v) is 0.484. The van der Waals surface area contributed by atoms with Crippen molar-refractivity contribution in [2.24, 2.45) is 0 Å². The van der Waals surface area contributed by atoms with Gasteiger partial charge in [0.2, 0.25) is 0 Å². The number of hydrogen-bond donors (Lipinski definition) is 2. The first-order chi connectivity index (χ1) is 3.41. The fourth-order valence-electron chi connectivity index (χ4n) is 0.196. The molecule has 0 atom stereocenters. The van der Waals surface area contributed by atoms with Gasteiger partial charge in [0.1, 0.15) is 5.94 Å². The summed E-state index contributed by atoms with van der Waals surface area (Å²) in [5, 5.41) is 7.89. The maximum Gasteiger partial charge on any atom is 0.120 e. The van der Waals surface area contributed by atoms with Crippen LogP contribution in [-0.2, 0) is 4.79 Å². The summed E-state index contributed by atoms with van der Waals surface area (Å²) < 4.78 is 0. The molecule has 0 heterocycles. The second-order valence-corrected chi connectivity index (χ2v) is 1.02. The van der Waals surface area contributed by atoms with Gasteiger partial charge in [-0.25, -0.2) is 10.3 Å². The Morgan fingerprint density at radius 1 is 1.86 bits per heavy atom. The topological polar surface area (TPSA) is 49.3 Å². The lowest BCUT2D eigenvalue weighted by atomic mass is 10.4. The molecule has 0 aromatic heterocycles. The summed E-state index contributed by atoms with van der Waals surface area (Å²) in [5.74, 6) is 1.58. The first kappa shape index (κ1) is 6.37. The van der Waals surface area contributed by atoms with Crippen LogP contribution in [-0.4, -0.2) is 17.7 Å². The van der Waals surface area contributed by atoms with Crippen molar-refractivity contribution in [2.75, 3.05) is 6.54 Å². The lowest BCUT2D eigenvalue weighted by Crippen LogP contribution is -2.06. The van der Waals surface area contributed by atoms with E-state index in [-0.39, 0.29) is 0 Å². The smallest absolute Gasteiger partial charge is 0.120 e. The average Bonchev–Trinajstić information content (AvgIpc) is 1.69. The van der Waals surface area contributed by atoms with Crippen molar-refractivity contribution in [3.05, 3.63) is 6.08 Å². The normalized spacial score (nSPS) is 7.57. The van der Waals surface area contributed by atoms with Crippen LogP contribution in [0.3, 0.4) is 0 Å².